The van der Waals surface area contributed by atoms with Gasteiger partial charge in [0.25, 0.3) is 0 Å². The number of anilines is 1. The summed E-state index contributed by atoms with van der Waals surface area (Å²) in [5.41, 5.74) is 7.65. The summed E-state index contributed by atoms with van der Waals surface area (Å²) in [5.74, 6) is -0.0896. The first kappa shape index (κ1) is 15.5. The van der Waals surface area contributed by atoms with Gasteiger partial charge < -0.3 is 5.73 Å². The van der Waals surface area contributed by atoms with Gasteiger partial charge in [-0.05, 0) is 25.0 Å². The van der Waals surface area contributed by atoms with Gasteiger partial charge in [0.15, 0.2) is 0 Å². The van der Waals surface area contributed by atoms with Gasteiger partial charge in [-0.25, -0.2) is 8.42 Å². The molecule has 3 N–H and O–H groups in total. The minimum Gasteiger partial charge on any atom is -0.326 e. The fraction of sp³-hybridized carbons (Fsp3) is 0.357. The zero-order chi connectivity index (χ0) is 15.5. The number of hydrogen-bond acceptors (Lipinski definition) is 4. The van der Waals surface area contributed by atoms with Crippen LogP contribution in [0.15, 0.2) is 36.7 Å². The predicted octanol–water partition coefficient (Wildman–Crippen LogP) is 1.86. The Morgan fingerprint density at radius 2 is 2.05 bits per heavy atom. The topological polar surface area (TPSA) is 90.0 Å². The van der Waals surface area contributed by atoms with Gasteiger partial charge in [-0.1, -0.05) is 24.3 Å². The number of nitrogens with zero attached hydrogens (tertiary/aromatic N) is 2. The lowest BCUT2D eigenvalue weighted by Gasteiger charge is -2.07. The largest absolute Gasteiger partial charge is 0.326 e. The molecule has 7 heteroatoms. The van der Waals surface area contributed by atoms with E-state index in [0.717, 1.165) is 5.56 Å². The van der Waals surface area contributed by atoms with Gasteiger partial charge in [0.1, 0.15) is 0 Å². The van der Waals surface area contributed by atoms with Crippen LogP contribution in [0.1, 0.15) is 31.0 Å². The van der Waals surface area contributed by atoms with E-state index in [9.17, 15) is 8.42 Å². The molecule has 0 unspecified atom stereocenters. The SMILES string of the molecule is CC(C)n1cc(NS(=O)(=O)Cc2cccc(CN)c2)cn1. The second kappa shape index (κ2) is 6.28. The van der Waals surface area contributed by atoms with Crippen LogP contribution >= 0.6 is 0 Å². The van der Waals surface area contributed by atoms with E-state index in [0.29, 0.717) is 17.8 Å². The molecule has 0 fully saturated rings. The van der Waals surface area contributed by atoms with E-state index in [-0.39, 0.29) is 11.8 Å². The zero-order valence-corrected chi connectivity index (χ0v) is 13.0. The molecule has 0 bridgehead atoms. The molecule has 2 aromatic rings. The summed E-state index contributed by atoms with van der Waals surface area (Å²) in [5, 5.41) is 4.11. The third-order valence-corrected chi connectivity index (χ3v) is 4.25. The molecule has 0 saturated heterocycles. The van der Waals surface area contributed by atoms with Crippen LogP contribution in [-0.2, 0) is 22.3 Å². The lowest BCUT2D eigenvalue weighted by molar-refractivity contribution is 0.532. The maximum absolute atomic E-state index is 12.2. The summed E-state index contributed by atoms with van der Waals surface area (Å²) in [4.78, 5) is 0. The van der Waals surface area contributed by atoms with Crippen molar-refractivity contribution in [3.63, 3.8) is 0 Å². The fourth-order valence-corrected chi connectivity index (χ4v) is 3.11. The van der Waals surface area contributed by atoms with Gasteiger partial charge in [0, 0.05) is 18.8 Å². The summed E-state index contributed by atoms with van der Waals surface area (Å²) in [6.45, 7) is 4.34. The molecule has 1 heterocycles. The van der Waals surface area contributed by atoms with Gasteiger partial charge in [0.2, 0.25) is 10.0 Å². The molecule has 0 aliphatic carbocycles. The van der Waals surface area contributed by atoms with Crippen LogP contribution in [-0.4, -0.2) is 18.2 Å². The standard InChI is InChI=1S/C14H20N4O2S/c1-11(2)18-9-14(8-16-18)17-21(19,20)10-13-5-3-4-12(6-13)7-15/h3-6,8-9,11,17H,7,10,15H2,1-2H3. The smallest absolute Gasteiger partial charge is 0.237 e. The zero-order valence-electron chi connectivity index (χ0n) is 12.2. The second-order valence-electron chi connectivity index (χ2n) is 5.19. The summed E-state index contributed by atoms with van der Waals surface area (Å²) in [6, 6.07) is 7.44. The monoisotopic (exact) mass is 308 g/mol. The molecule has 0 amide bonds. The van der Waals surface area contributed by atoms with Crippen molar-refractivity contribution in [3.8, 4) is 0 Å². The van der Waals surface area contributed by atoms with Crippen LogP contribution in [0, 0.1) is 0 Å². The lowest BCUT2D eigenvalue weighted by Crippen LogP contribution is -2.15. The maximum atomic E-state index is 12.2. The highest BCUT2D eigenvalue weighted by Gasteiger charge is 2.13. The minimum absolute atomic E-state index is 0.0896. The number of hydrogen-bond donors (Lipinski definition) is 2. The van der Waals surface area contributed by atoms with E-state index in [1.165, 1.54) is 6.20 Å². The van der Waals surface area contributed by atoms with Crippen LogP contribution in [0.4, 0.5) is 5.69 Å². The molecule has 0 radical (unpaired) electrons. The Morgan fingerprint density at radius 1 is 1.33 bits per heavy atom. The summed E-state index contributed by atoms with van der Waals surface area (Å²) >= 11 is 0. The first-order valence-electron chi connectivity index (χ1n) is 6.72. The van der Waals surface area contributed by atoms with Gasteiger partial charge in [-0.15, -0.1) is 0 Å². The first-order valence-corrected chi connectivity index (χ1v) is 8.37. The molecular formula is C14H20N4O2S. The second-order valence-corrected chi connectivity index (χ2v) is 6.91. The van der Waals surface area contributed by atoms with Crippen molar-refractivity contribution in [2.75, 3.05) is 4.72 Å². The van der Waals surface area contributed by atoms with Crippen molar-refractivity contribution in [1.82, 2.24) is 9.78 Å². The van der Waals surface area contributed by atoms with Crippen molar-refractivity contribution in [2.24, 2.45) is 5.73 Å². The number of nitrogens with two attached hydrogens (primary N) is 1. The van der Waals surface area contributed by atoms with Crippen molar-refractivity contribution < 1.29 is 8.42 Å². The molecule has 0 aliphatic heterocycles. The number of nitrogens with one attached hydrogen (secondary N) is 1. The molecule has 2 rings (SSSR count). The summed E-state index contributed by atoms with van der Waals surface area (Å²) in [7, 11) is -3.47. The number of benzene rings is 1. The predicted molar refractivity (Wildman–Crippen MR) is 83.2 cm³/mol. The Morgan fingerprint density at radius 3 is 2.67 bits per heavy atom. The number of aromatic nitrogens is 2. The third kappa shape index (κ3) is 4.30. The van der Waals surface area contributed by atoms with Crippen LogP contribution in [0.2, 0.25) is 0 Å². The molecule has 1 aromatic heterocycles. The normalized spacial score (nSPS) is 11.8. The van der Waals surface area contributed by atoms with Crippen molar-refractivity contribution in [1.29, 1.82) is 0 Å². The summed E-state index contributed by atoms with van der Waals surface area (Å²) < 4.78 is 28.6. The Kier molecular flexibility index (Phi) is 4.64. The molecule has 0 atom stereocenters. The van der Waals surface area contributed by atoms with Crippen LogP contribution in [0.5, 0.6) is 0 Å². The van der Waals surface area contributed by atoms with E-state index >= 15 is 0 Å². The highest BCUT2D eigenvalue weighted by atomic mass is 32.2. The van der Waals surface area contributed by atoms with Crippen LogP contribution in [0.25, 0.3) is 0 Å². The van der Waals surface area contributed by atoms with Crippen molar-refractivity contribution in [3.05, 3.63) is 47.8 Å². The average molecular weight is 308 g/mol. The highest BCUT2D eigenvalue weighted by molar-refractivity contribution is 7.91. The lowest BCUT2D eigenvalue weighted by atomic mass is 10.1. The number of rotatable bonds is 6. The van der Waals surface area contributed by atoms with E-state index in [1.54, 1.807) is 23.0 Å². The van der Waals surface area contributed by atoms with E-state index < -0.39 is 10.0 Å². The molecule has 0 saturated carbocycles. The minimum atomic E-state index is -3.47. The fourth-order valence-electron chi connectivity index (χ4n) is 1.95. The van der Waals surface area contributed by atoms with E-state index in [1.807, 2.05) is 26.0 Å². The quantitative estimate of drug-likeness (QED) is 0.852. The van der Waals surface area contributed by atoms with E-state index in [2.05, 4.69) is 9.82 Å². The first-order chi connectivity index (χ1) is 9.89. The van der Waals surface area contributed by atoms with Gasteiger partial charge >= 0.3 is 0 Å². The van der Waals surface area contributed by atoms with Crippen molar-refractivity contribution >= 4 is 15.7 Å². The molecule has 21 heavy (non-hydrogen) atoms. The van der Waals surface area contributed by atoms with Crippen LogP contribution < -0.4 is 10.5 Å². The van der Waals surface area contributed by atoms with E-state index in [4.69, 9.17) is 5.73 Å². The van der Waals surface area contributed by atoms with Gasteiger partial charge in [-0.3, -0.25) is 9.40 Å². The number of sulfonamides is 1. The van der Waals surface area contributed by atoms with Gasteiger partial charge in [0.05, 0.1) is 17.6 Å². The molecule has 0 aliphatic rings. The Hall–Kier alpha value is -1.86. The average Bonchev–Trinajstić information content (AvgIpc) is 2.86. The molecule has 114 valence electrons. The maximum Gasteiger partial charge on any atom is 0.237 e. The summed E-state index contributed by atoms with van der Waals surface area (Å²) in [6.07, 6.45) is 3.19. The molecule has 6 nitrogen and oxygen atoms in total. The van der Waals surface area contributed by atoms with Crippen molar-refractivity contribution in [2.45, 2.75) is 32.2 Å². The molecule has 0 spiro atoms. The Bertz CT molecular complexity index is 707. The molecule has 1 aromatic carbocycles. The van der Waals surface area contributed by atoms with Crippen LogP contribution in [0.3, 0.4) is 0 Å². The Labute approximate surface area is 125 Å². The highest BCUT2D eigenvalue weighted by Crippen LogP contribution is 2.15. The third-order valence-electron chi connectivity index (χ3n) is 2.99. The Balaban J connectivity index is 2.10. The van der Waals surface area contributed by atoms with Gasteiger partial charge in [-0.2, -0.15) is 5.10 Å². The molecular weight excluding hydrogens is 288 g/mol.